The van der Waals surface area contributed by atoms with Gasteiger partial charge >= 0.3 is 0 Å². The van der Waals surface area contributed by atoms with Gasteiger partial charge in [0.05, 0.1) is 0 Å². The van der Waals surface area contributed by atoms with Crippen molar-refractivity contribution in [1.82, 2.24) is 5.32 Å². The topological polar surface area (TPSA) is 12.0 Å². The first-order valence-electron chi connectivity index (χ1n) is 7.34. The Kier molecular flexibility index (Phi) is 5.95. The summed E-state index contributed by atoms with van der Waals surface area (Å²) in [6.07, 6.45) is 1.93. The van der Waals surface area contributed by atoms with Crippen molar-refractivity contribution in [2.24, 2.45) is 0 Å². The van der Waals surface area contributed by atoms with E-state index in [0.29, 0.717) is 12.1 Å². The molecule has 0 aliphatic rings. The minimum absolute atomic E-state index is 0.181. The molecule has 0 fully saturated rings. The van der Waals surface area contributed by atoms with E-state index in [1.54, 1.807) is 0 Å². The largest absolute Gasteiger partial charge is 0.307 e. The third-order valence-electron chi connectivity index (χ3n) is 3.60. The summed E-state index contributed by atoms with van der Waals surface area (Å²) in [5.74, 6) is -0.181. The third kappa shape index (κ3) is 4.94. The molecule has 0 saturated heterocycles. The van der Waals surface area contributed by atoms with Crippen LogP contribution in [-0.4, -0.2) is 6.04 Å². The number of nitrogens with one attached hydrogen (secondary N) is 1. The van der Waals surface area contributed by atoms with Crippen LogP contribution in [0.2, 0.25) is 0 Å². The highest BCUT2D eigenvalue weighted by Crippen LogP contribution is 2.21. The number of hydrogen-bond acceptors (Lipinski definition) is 1. The molecule has 0 heterocycles. The minimum Gasteiger partial charge on any atom is -0.307 e. The molecule has 0 spiro atoms. The molecule has 0 bridgehead atoms. The van der Waals surface area contributed by atoms with E-state index in [2.05, 4.69) is 53.3 Å². The van der Waals surface area contributed by atoms with Gasteiger partial charge in [0.1, 0.15) is 5.82 Å². The van der Waals surface area contributed by atoms with Crippen LogP contribution in [-0.2, 0) is 6.42 Å². The van der Waals surface area contributed by atoms with Crippen molar-refractivity contribution in [3.05, 3.63) is 69.9 Å². The molecule has 0 aliphatic carbocycles. The molecular weight excluding hydrogens is 329 g/mol. The zero-order chi connectivity index (χ0) is 15.2. The average Bonchev–Trinajstić information content (AvgIpc) is 2.47. The summed E-state index contributed by atoms with van der Waals surface area (Å²) in [7, 11) is 0. The summed E-state index contributed by atoms with van der Waals surface area (Å²) in [5, 5.41) is 3.66. The molecule has 2 aromatic rings. The van der Waals surface area contributed by atoms with Crippen molar-refractivity contribution in [1.29, 1.82) is 0 Å². The van der Waals surface area contributed by atoms with Gasteiger partial charge in [-0.2, -0.15) is 0 Å². The SMILES string of the molecule is CCC(NC(C)Cc1ccc(F)cc1)c1cccc(Br)c1. The highest BCUT2D eigenvalue weighted by atomic mass is 79.9. The molecule has 2 unspecified atom stereocenters. The van der Waals surface area contributed by atoms with Gasteiger partial charge in [-0.25, -0.2) is 4.39 Å². The van der Waals surface area contributed by atoms with Crippen LogP contribution in [0.15, 0.2) is 53.0 Å². The molecule has 3 heteroatoms. The van der Waals surface area contributed by atoms with Crippen molar-refractivity contribution < 1.29 is 4.39 Å². The standard InChI is InChI=1S/C18H21BrFN/c1-3-18(15-5-4-6-16(19)12-15)21-13(2)11-14-7-9-17(20)10-8-14/h4-10,12-13,18,21H,3,11H2,1-2H3. The molecule has 2 atom stereocenters. The summed E-state index contributed by atoms with van der Waals surface area (Å²) < 4.78 is 14.0. The molecule has 21 heavy (non-hydrogen) atoms. The van der Waals surface area contributed by atoms with E-state index in [0.717, 1.165) is 22.9 Å². The Morgan fingerprint density at radius 3 is 2.48 bits per heavy atom. The Morgan fingerprint density at radius 1 is 1.14 bits per heavy atom. The van der Waals surface area contributed by atoms with Gasteiger partial charge in [0.25, 0.3) is 0 Å². The lowest BCUT2D eigenvalue weighted by Crippen LogP contribution is -2.32. The summed E-state index contributed by atoms with van der Waals surface area (Å²) in [6.45, 7) is 4.35. The monoisotopic (exact) mass is 349 g/mol. The zero-order valence-electron chi connectivity index (χ0n) is 12.4. The van der Waals surface area contributed by atoms with Gasteiger partial charge < -0.3 is 5.32 Å². The lowest BCUT2D eigenvalue weighted by molar-refractivity contribution is 0.443. The molecule has 0 aromatic heterocycles. The van der Waals surface area contributed by atoms with Crippen LogP contribution in [0.25, 0.3) is 0 Å². The predicted octanol–water partition coefficient (Wildman–Crippen LogP) is 5.26. The average molecular weight is 350 g/mol. The number of hydrogen-bond donors (Lipinski definition) is 1. The van der Waals surface area contributed by atoms with Gasteiger partial charge in [-0.1, -0.05) is 47.1 Å². The molecule has 112 valence electrons. The second-order valence-electron chi connectivity index (χ2n) is 5.41. The van der Waals surface area contributed by atoms with E-state index in [4.69, 9.17) is 0 Å². The quantitative estimate of drug-likeness (QED) is 0.749. The van der Waals surface area contributed by atoms with Crippen molar-refractivity contribution in [3.8, 4) is 0 Å². The van der Waals surface area contributed by atoms with Crippen molar-refractivity contribution in [2.75, 3.05) is 0 Å². The molecule has 0 saturated carbocycles. The van der Waals surface area contributed by atoms with Gasteiger partial charge in [-0.15, -0.1) is 0 Å². The molecule has 2 rings (SSSR count). The van der Waals surface area contributed by atoms with Crippen LogP contribution in [0.3, 0.4) is 0 Å². The Bertz CT molecular complexity index is 568. The first kappa shape index (κ1) is 16.2. The minimum atomic E-state index is -0.181. The third-order valence-corrected chi connectivity index (χ3v) is 4.09. The number of benzene rings is 2. The van der Waals surface area contributed by atoms with Crippen LogP contribution in [0.4, 0.5) is 4.39 Å². The highest BCUT2D eigenvalue weighted by Gasteiger charge is 2.13. The summed E-state index contributed by atoms with van der Waals surface area (Å²) in [6, 6.07) is 15.8. The Balaban J connectivity index is 1.99. The van der Waals surface area contributed by atoms with E-state index in [1.165, 1.54) is 17.7 Å². The van der Waals surface area contributed by atoms with Crippen molar-refractivity contribution in [3.63, 3.8) is 0 Å². The van der Waals surface area contributed by atoms with Gasteiger partial charge in [0.15, 0.2) is 0 Å². The predicted molar refractivity (Wildman–Crippen MR) is 89.9 cm³/mol. The fourth-order valence-corrected chi connectivity index (χ4v) is 2.97. The molecular formula is C18H21BrFN. The maximum absolute atomic E-state index is 12.9. The molecule has 0 amide bonds. The Labute approximate surface area is 134 Å². The van der Waals surface area contributed by atoms with Crippen molar-refractivity contribution >= 4 is 15.9 Å². The van der Waals surface area contributed by atoms with Gasteiger partial charge in [0, 0.05) is 16.6 Å². The zero-order valence-corrected chi connectivity index (χ0v) is 14.0. The van der Waals surface area contributed by atoms with Gasteiger partial charge in [-0.05, 0) is 55.2 Å². The van der Waals surface area contributed by atoms with Crippen LogP contribution in [0, 0.1) is 5.82 Å². The van der Waals surface area contributed by atoms with Crippen LogP contribution in [0.5, 0.6) is 0 Å². The molecule has 0 aliphatic heterocycles. The molecule has 1 N–H and O–H groups in total. The van der Waals surface area contributed by atoms with E-state index < -0.39 is 0 Å². The smallest absolute Gasteiger partial charge is 0.123 e. The second kappa shape index (κ2) is 7.71. The normalized spacial score (nSPS) is 13.9. The maximum Gasteiger partial charge on any atom is 0.123 e. The van der Waals surface area contributed by atoms with Crippen LogP contribution < -0.4 is 5.32 Å². The van der Waals surface area contributed by atoms with Crippen molar-refractivity contribution in [2.45, 2.75) is 38.8 Å². The van der Waals surface area contributed by atoms with Crippen LogP contribution >= 0.6 is 15.9 Å². The van der Waals surface area contributed by atoms with Gasteiger partial charge in [-0.3, -0.25) is 0 Å². The molecule has 1 nitrogen and oxygen atoms in total. The lowest BCUT2D eigenvalue weighted by Gasteiger charge is -2.23. The molecule has 0 radical (unpaired) electrons. The summed E-state index contributed by atoms with van der Waals surface area (Å²) in [5.41, 5.74) is 2.44. The summed E-state index contributed by atoms with van der Waals surface area (Å²) >= 11 is 3.52. The lowest BCUT2D eigenvalue weighted by atomic mass is 10.0. The maximum atomic E-state index is 12.9. The Morgan fingerprint density at radius 2 is 1.86 bits per heavy atom. The fourth-order valence-electron chi connectivity index (χ4n) is 2.55. The first-order valence-corrected chi connectivity index (χ1v) is 8.13. The summed E-state index contributed by atoms with van der Waals surface area (Å²) in [4.78, 5) is 0. The van der Waals surface area contributed by atoms with E-state index in [1.807, 2.05) is 18.2 Å². The van der Waals surface area contributed by atoms with E-state index in [-0.39, 0.29) is 5.82 Å². The number of halogens is 2. The highest BCUT2D eigenvalue weighted by molar-refractivity contribution is 9.10. The molecule has 2 aromatic carbocycles. The van der Waals surface area contributed by atoms with E-state index >= 15 is 0 Å². The fraction of sp³-hybridized carbons (Fsp3) is 0.333. The first-order chi connectivity index (χ1) is 10.1. The number of rotatable bonds is 6. The Hall–Kier alpha value is -1.19. The second-order valence-corrected chi connectivity index (χ2v) is 6.33. The van der Waals surface area contributed by atoms with Crippen LogP contribution in [0.1, 0.15) is 37.4 Å². The van der Waals surface area contributed by atoms with Gasteiger partial charge in [0.2, 0.25) is 0 Å². The van der Waals surface area contributed by atoms with E-state index in [9.17, 15) is 4.39 Å².